The van der Waals surface area contributed by atoms with Gasteiger partial charge in [0.25, 0.3) is 0 Å². The molecule has 1 saturated carbocycles. The number of benzene rings is 1. The third kappa shape index (κ3) is 5.88. The van der Waals surface area contributed by atoms with Gasteiger partial charge in [-0.15, -0.1) is 0 Å². The third-order valence-electron chi connectivity index (χ3n) is 4.11. The first kappa shape index (κ1) is 17.2. The standard InChI is InChI=1S/C17H22FNO4/c18-13-6-8-14(9-7-13)23-15(17(21)22)11-19-16(20)10-5-12-3-1-2-4-12/h6-9,12,15H,1-5,10-11H2,(H,19,20)(H,21,22). The van der Waals surface area contributed by atoms with Gasteiger partial charge in [-0.2, -0.15) is 0 Å². The van der Waals surface area contributed by atoms with E-state index in [1.807, 2.05) is 0 Å². The lowest BCUT2D eigenvalue weighted by molar-refractivity contribution is -0.145. The lowest BCUT2D eigenvalue weighted by Crippen LogP contribution is -2.40. The summed E-state index contributed by atoms with van der Waals surface area (Å²) in [5.41, 5.74) is 0. The molecule has 0 radical (unpaired) electrons. The molecule has 0 spiro atoms. The smallest absolute Gasteiger partial charge is 0.346 e. The Morgan fingerprint density at radius 2 is 1.91 bits per heavy atom. The molecule has 0 aromatic heterocycles. The van der Waals surface area contributed by atoms with Gasteiger partial charge in [-0.05, 0) is 36.6 Å². The number of ether oxygens (including phenoxy) is 1. The van der Waals surface area contributed by atoms with E-state index in [2.05, 4.69) is 5.32 Å². The number of rotatable bonds is 8. The molecule has 0 heterocycles. The van der Waals surface area contributed by atoms with Gasteiger partial charge in [0.15, 0.2) is 0 Å². The van der Waals surface area contributed by atoms with Crippen LogP contribution in [0.15, 0.2) is 24.3 Å². The maximum atomic E-state index is 12.8. The van der Waals surface area contributed by atoms with Crippen LogP contribution in [0.3, 0.4) is 0 Å². The highest BCUT2D eigenvalue weighted by molar-refractivity contribution is 5.78. The number of hydrogen-bond donors (Lipinski definition) is 2. The van der Waals surface area contributed by atoms with Crippen molar-refractivity contribution in [3.8, 4) is 5.75 Å². The Morgan fingerprint density at radius 3 is 2.52 bits per heavy atom. The fourth-order valence-electron chi connectivity index (χ4n) is 2.79. The Bertz CT molecular complexity index is 526. The summed E-state index contributed by atoms with van der Waals surface area (Å²) in [6.07, 6.45) is 4.89. The van der Waals surface area contributed by atoms with Gasteiger partial charge < -0.3 is 15.2 Å². The SMILES string of the molecule is O=C(CCC1CCCC1)NCC(Oc1ccc(F)cc1)C(=O)O. The van der Waals surface area contributed by atoms with Crippen LogP contribution in [0.2, 0.25) is 0 Å². The summed E-state index contributed by atoms with van der Waals surface area (Å²) >= 11 is 0. The van der Waals surface area contributed by atoms with Crippen LogP contribution in [0.4, 0.5) is 4.39 Å². The number of nitrogens with one attached hydrogen (secondary N) is 1. The van der Waals surface area contributed by atoms with Crippen molar-refractivity contribution in [1.29, 1.82) is 0 Å². The molecule has 0 aliphatic heterocycles. The molecule has 1 fully saturated rings. The maximum Gasteiger partial charge on any atom is 0.346 e. The first-order valence-corrected chi connectivity index (χ1v) is 7.96. The summed E-state index contributed by atoms with van der Waals surface area (Å²) in [6, 6.07) is 5.09. The number of carboxylic acids is 1. The largest absolute Gasteiger partial charge is 0.478 e. The highest BCUT2D eigenvalue weighted by Crippen LogP contribution is 2.28. The molecule has 1 atom stereocenters. The molecule has 23 heavy (non-hydrogen) atoms. The van der Waals surface area contributed by atoms with Gasteiger partial charge in [0.05, 0.1) is 6.54 Å². The summed E-state index contributed by atoms with van der Waals surface area (Å²) in [6.45, 7) is -0.115. The van der Waals surface area contributed by atoms with Crippen molar-refractivity contribution < 1.29 is 23.8 Å². The second-order valence-electron chi connectivity index (χ2n) is 5.89. The van der Waals surface area contributed by atoms with E-state index in [1.54, 1.807) is 0 Å². The van der Waals surface area contributed by atoms with E-state index in [9.17, 15) is 14.0 Å². The van der Waals surface area contributed by atoms with Crippen LogP contribution in [0, 0.1) is 11.7 Å². The minimum absolute atomic E-state index is 0.115. The van der Waals surface area contributed by atoms with Crippen LogP contribution in [0.5, 0.6) is 5.75 Å². The van der Waals surface area contributed by atoms with Crippen molar-refractivity contribution >= 4 is 11.9 Å². The van der Waals surface area contributed by atoms with E-state index in [-0.39, 0.29) is 18.2 Å². The van der Waals surface area contributed by atoms with Crippen molar-refractivity contribution in [3.05, 3.63) is 30.1 Å². The first-order chi connectivity index (χ1) is 11.0. The Kier molecular flexibility index (Phi) is 6.38. The monoisotopic (exact) mass is 323 g/mol. The van der Waals surface area contributed by atoms with Crippen molar-refractivity contribution in [3.63, 3.8) is 0 Å². The molecular weight excluding hydrogens is 301 g/mol. The molecule has 1 aliphatic rings. The molecule has 1 aromatic carbocycles. The second kappa shape index (κ2) is 8.50. The molecule has 126 valence electrons. The highest BCUT2D eigenvalue weighted by atomic mass is 19.1. The molecule has 1 amide bonds. The van der Waals surface area contributed by atoms with Crippen LogP contribution in [-0.4, -0.2) is 29.6 Å². The van der Waals surface area contributed by atoms with E-state index < -0.39 is 17.9 Å². The normalized spacial score (nSPS) is 16.0. The first-order valence-electron chi connectivity index (χ1n) is 7.96. The van der Waals surface area contributed by atoms with E-state index in [4.69, 9.17) is 9.84 Å². The summed E-state index contributed by atoms with van der Waals surface area (Å²) in [7, 11) is 0. The molecule has 0 saturated heterocycles. The Morgan fingerprint density at radius 1 is 1.26 bits per heavy atom. The molecule has 2 rings (SSSR count). The number of aliphatic carboxylic acids is 1. The maximum absolute atomic E-state index is 12.8. The van der Waals surface area contributed by atoms with Crippen LogP contribution < -0.4 is 10.1 Å². The van der Waals surface area contributed by atoms with Gasteiger partial charge in [-0.25, -0.2) is 9.18 Å². The Balaban J connectivity index is 1.76. The van der Waals surface area contributed by atoms with Crippen molar-refractivity contribution in [2.45, 2.75) is 44.6 Å². The number of amides is 1. The summed E-state index contributed by atoms with van der Waals surface area (Å²) in [5, 5.41) is 11.8. The van der Waals surface area contributed by atoms with Crippen molar-refractivity contribution in [1.82, 2.24) is 5.32 Å². The zero-order chi connectivity index (χ0) is 16.7. The zero-order valence-electron chi connectivity index (χ0n) is 13.0. The van der Waals surface area contributed by atoms with Crippen molar-refractivity contribution in [2.24, 2.45) is 5.92 Å². The third-order valence-corrected chi connectivity index (χ3v) is 4.11. The minimum atomic E-state index is -1.20. The molecule has 6 heteroatoms. The van der Waals surface area contributed by atoms with Gasteiger partial charge in [0, 0.05) is 6.42 Å². The number of carbonyl (C=O) groups excluding carboxylic acids is 1. The van der Waals surface area contributed by atoms with E-state index in [1.165, 1.54) is 49.9 Å². The lowest BCUT2D eigenvalue weighted by atomic mass is 10.0. The lowest BCUT2D eigenvalue weighted by Gasteiger charge is -2.16. The topological polar surface area (TPSA) is 75.6 Å². The second-order valence-corrected chi connectivity index (χ2v) is 5.89. The van der Waals surface area contributed by atoms with E-state index >= 15 is 0 Å². The molecule has 0 bridgehead atoms. The number of carboxylic acid groups (broad SMARTS) is 1. The Labute approximate surface area is 134 Å². The summed E-state index contributed by atoms with van der Waals surface area (Å²) in [5.74, 6) is -0.897. The molecule has 1 aromatic rings. The molecule has 2 N–H and O–H groups in total. The quantitative estimate of drug-likeness (QED) is 0.771. The zero-order valence-corrected chi connectivity index (χ0v) is 13.0. The molecule has 5 nitrogen and oxygen atoms in total. The predicted octanol–water partition coefficient (Wildman–Crippen LogP) is 2.74. The van der Waals surface area contributed by atoms with Gasteiger partial charge in [-0.1, -0.05) is 25.7 Å². The van der Waals surface area contributed by atoms with Crippen LogP contribution in [0.1, 0.15) is 38.5 Å². The van der Waals surface area contributed by atoms with Gasteiger partial charge in [-0.3, -0.25) is 4.79 Å². The fraction of sp³-hybridized carbons (Fsp3) is 0.529. The summed E-state index contributed by atoms with van der Waals surface area (Å²) < 4.78 is 18.1. The van der Waals surface area contributed by atoms with Gasteiger partial charge >= 0.3 is 5.97 Å². The van der Waals surface area contributed by atoms with Crippen molar-refractivity contribution in [2.75, 3.05) is 6.54 Å². The van der Waals surface area contributed by atoms with Crippen LogP contribution >= 0.6 is 0 Å². The predicted molar refractivity (Wildman–Crippen MR) is 82.7 cm³/mol. The van der Waals surface area contributed by atoms with Crippen LogP contribution in [-0.2, 0) is 9.59 Å². The number of hydrogen-bond acceptors (Lipinski definition) is 3. The van der Waals surface area contributed by atoms with Gasteiger partial charge in [0.1, 0.15) is 11.6 Å². The van der Waals surface area contributed by atoms with E-state index in [0.717, 1.165) is 6.42 Å². The van der Waals surface area contributed by atoms with E-state index in [0.29, 0.717) is 12.3 Å². The Hall–Kier alpha value is -2.11. The fourth-order valence-corrected chi connectivity index (χ4v) is 2.79. The average Bonchev–Trinajstić information content (AvgIpc) is 3.04. The highest BCUT2D eigenvalue weighted by Gasteiger charge is 2.21. The number of carbonyl (C=O) groups is 2. The molecule has 1 unspecified atom stereocenters. The van der Waals surface area contributed by atoms with Crippen LogP contribution in [0.25, 0.3) is 0 Å². The van der Waals surface area contributed by atoms with Gasteiger partial charge in [0.2, 0.25) is 12.0 Å². The molecule has 1 aliphatic carbocycles. The average molecular weight is 323 g/mol. The number of halogens is 1. The minimum Gasteiger partial charge on any atom is -0.478 e. The summed E-state index contributed by atoms with van der Waals surface area (Å²) in [4.78, 5) is 23.0. The molecular formula is C17H22FNO4.